The van der Waals surface area contributed by atoms with Crippen LogP contribution in [-0.2, 0) is 4.79 Å². The van der Waals surface area contributed by atoms with Crippen molar-refractivity contribution in [1.29, 1.82) is 0 Å². The molecule has 0 spiro atoms. The summed E-state index contributed by atoms with van der Waals surface area (Å²) in [7, 11) is 0. The highest BCUT2D eigenvalue weighted by Gasteiger charge is 2.44. The molecule has 1 aromatic rings. The van der Waals surface area contributed by atoms with Crippen LogP contribution in [0.3, 0.4) is 0 Å². The van der Waals surface area contributed by atoms with Gasteiger partial charge in [0.25, 0.3) is 11.6 Å². The molecule has 112 valence electrons. The highest BCUT2D eigenvalue weighted by molar-refractivity contribution is 5.96. The monoisotopic (exact) mass is 292 g/mol. The molecule has 7 heteroatoms. The van der Waals surface area contributed by atoms with Gasteiger partial charge < -0.3 is 10.4 Å². The lowest BCUT2D eigenvalue weighted by atomic mass is 9.69. The predicted octanol–water partition coefficient (Wildman–Crippen LogP) is 1.89. The molecular weight excluding hydrogens is 276 g/mol. The van der Waals surface area contributed by atoms with E-state index in [1.54, 1.807) is 6.92 Å². The molecule has 0 bridgehead atoms. The second-order valence-corrected chi connectivity index (χ2v) is 5.38. The average Bonchev–Trinajstić information content (AvgIpc) is 2.36. The highest BCUT2D eigenvalue weighted by Crippen LogP contribution is 2.40. The number of hydrogen-bond donors (Lipinski definition) is 2. The Hall–Kier alpha value is -2.44. The maximum Gasteiger partial charge on any atom is 0.311 e. The number of nitro benzene ring substituents is 1. The van der Waals surface area contributed by atoms with Crippen LogP contribution in [0.2, 0.25) is 0 Å². The molecule has 1 aliphatic carbocycles. The Balaban J connectivity index is 2.07. The lowest BCUT2D eigenvalue weighted by molar-refractivity contribution is -0.384. The number of rotatable bonds is 5. The molecule has 0 heterocycles. The van der Waals surface area contributed by atoms with Gasteiger partial charge in [0.15, 0.2) is 0 Å². The van der Waals surface area contributed by atoms with Crippen LogP contribution in [0.4, 0.5) is 5.69 Å². The van der Waals surface area contributed by atoms with Gasteiger partial charge in [-0.05, 0) is 31.4 Å². The number of amides is 1. The fourth-order valence-electron chi connectivity index (χ4n) is 2.43. The van der Waals surface area contributed by atoms with Gasteiger partial charge in [0, 0.05) is 24.2 Å². The van der Waals surface area contributed by atoms with E-state index in [1.807, 2.05) is 0 Å². The first-order valence-electron chi connectivity index (χ1n) is 6.62. The zero-order chi connectivity index (χ0) is 15.6. The first-order chi connectivity index (χ1) is 9.85. The van der Waals surface area contributed by atoms with Crippen LogP contribution in [0.5, 0.6) is 0 Å². The molecule has 1 saturated carbocycles. The van der Waals surface area contributed by atoms with E-state index < -0.39 is 22.2 Å². The number of carbonyl (C=O) groups is 2. The summed E-state index contributed by atoms with van der Waals surface area (Å²) in [6.45, 7) is 1.69. The number of carbonyl (C=O) groups excluding carboxylic acids is 1. The van der Waals surface area contributed by atoms with Crippen LogP contribution >= 0.6 is 0 Å². The molecule has 2 rings (SSSR count). The van der Waals surface area contributed by atoms with E-state index in [0.717, 1.165) is 6.42 Å². The van der Waals surface area contributed by atoms with Crippen molar-refractivity contribution < 1.29 is 19.6 Å². The number of benzene rings is 1. The molecule has 1 aliphatic rings. The lowest BCUT2D eigenvalue weighted by Crippen LogP contribution is -2.47. The molecule has 0 radical (unpaired) electrons. The summed E-state index contributed by atoms with van der Waals surface area (Å²) in [5.41, 5.74) is -0.130. The minimum Gasteiger partial charge on any atom is -0.481 e. The van der Waals surface area contributed by atoms with Gasteiger partial charge in [-0.15, -0.1) is 0 Å². The summed E-state index contributed by atoms with van der Waals surface area (Å²) >= 11 is 0. The van der Waals surface area contributed by atoms with Crippen LogP contribution in [0.15, 0.2) is 18.2 Å². The van der Waals surface area contributed by atoms with Crippen LogP contribution < -0.4 is 5.32 Å². The van der Waals surface area contributed by atoms with E-state index in [4.69, 9.17) is 0 Å². The first-order valence-corrected chi connectivity index (χ1v) is 6.62. The van der Waals surface area contributed by atoms with Crippen molar-refractivity contribution in [2.45, 2.75) is 26.2 Å². The van der Waals surface area contributed by atoms with Crippen LogP contribution in [0, 0.1) is 22.5 Å². The maximum absolute atomic E-state index is 12.1. The number of non-ortho nitro benzene ring substituents is 1. The van der Waals surface area contributed by atoms with Gasteiger partial charge >= 0.3 is 5.97 Å². The molecular formula is C14H16N2O5. The highest BCUT2D eigenvalue weighted by atomic mass is 16.6. The van der Waals surface area contributed by atoms with Crippen LogP contribution in [0.25, 0.3) is 0 Å². The zero-order valence-electron chi connectivity index (χ0n) is 11.6. The third-order valence-corrected chi connectivity index (χ3v) is 4.02. The SMILES string of the molecule is Cc1cc([N+](=O)[O-])ccc1C(=O)NCC1(C(=O)O)CCC1. The van der Waals surface area contributed by atoms with Crippen molar-refractivity contribution in [2.24, 2.45) is 5.41 Å². The summed E-state index contributed by atoms with van der Waals surface area (Å²) < 4.78 is 0. The fourth-order valence-corrected chi connectivity index (χ4v) is 2.43. The minimum atomic E-state index is -0.894. The number of nitro groups is 1. The number of nitrogens with zero attached hydrogens (tertiary/aromatic N) is 1. The van der Waals surface area contributed by atoms with Crippen molar-refractivity contribution >= 4 is 17.6 Å². The number of carboxylic acids is 1. The predicted molar refractivity (Wildman–Crippen MR) is 74.1 cm³/mol. The standard InChI is InChI=1S/C14H16N2O5/c1-9-7-10(16(20)21)3-4-11(9)12(17)15-8-14(13(18)19)5-2-6-14/h3-4,7H,2,5-6,8H2,1H3,(H,15,17)(H,18,19). The van der Waals surface area contributed by atoms with Gasteiger partial charge in [0.1, 0.15) is 0 Å². The molecule has 0 aliphatic heterocycles. The van der Waals surface area contributed by atoms with Gasteiger partial charge in [-0.25, -0.2) is 0 Å². The average molecular weight is 292 g/mol. The molecule has 21 heavy (non-hydrogen) atoms. The van der Waals surface area contributed by atoms with E-state index in [-0.39, 0.29) is 12.2 Å². The summed E-state index contributed by atoms with van der Waals surface area (Å²) in [6, 6.07) is 3.97. The van der Waals surface area contributed by atoms with Crippen molar-refractivity contribution in [2.75, 3.05) is 6.54 Å². The number of aryl methyl sites for hydroxylation is 1. The molecule has 2 N–H and O–H groups in total. The summed E-state index contributed by atoms with van der Waals surface area (Å²) in [4.78, 5) is 33.4. The van der Waals surface area contributed by atoms with Crippen LogP contribution in [-0.4, -0.2) is 28.5 Å². The number of nitrogens with one attached hydrogen (secondary N) is 1. The third kappa shape index (κ3) is 2.86. The molecule has 0 aromatic heterocycles. The zero-order valence-corrected chi connectivity index (χ0v) is 11.6. The van der Waals surface area contributed by atoms with E-state index in [2.05, 4.69) is 5.32 Å². The van der Waals surface area contributed by atoms with Crippen molar-refractivity contribution in [3.05, 3.63) is 39.4 Å². The molecule has 1 aromatic carbocycles. The Bertz CT molecular complexity index is 607. The van der Waals surface area contributed by atoms with Gasteiger partial charge in [-0.2, -0.15) is 0 Å². The molecule has 7 nitrogen and oxygen atoms in total. The molecule has 1 amide bonds. The number of carboxylic acid groups (broad SMARTS) is 1. The van der Waals surface area contributed by atoms with Gasteiger partial charge in [0.2, 0.25) is 0 Å². The third-order valence-electron chi connectivity index (χ3n) is 4.02. The fraction of sp³-hybridized carbons (Fsp3) is 0.429. The summed E-state index contributed by atoms with van der Waals surface area (Å²) in [6.07, 6.45) is 1.96. The Morgan fingerprint density at radius 1 is 1.43 bits per heavy atom. The van der Waals surface area contributed by atoms with Crippen molar-refractivity contribution in [3.8, 4) is 0 Å². The van der Waals surface area contributed by atoms with Gasteiger partial charge in [-0.1, -0.05) is 6.42 Å². The summed E-state index contributed by atoms with van der Waals surface area (Å²) in [5.74, 6) is -1.30. The Labute approximate surface area is 121 Å². The second kappa shape index (κ2) is 5.51. The quantitative estimate of drug-likeness (QED) is 0.636. The Morgan fingerprint density at radius 3 is 2.52 bits per heavy atom. The second-order valence-electron chi connectivity index (χ2n) is 5.38. The van der Waals surface area contributed by atoms with Crippen molar-refractivity contribution in [1.82, 2.24) is 5.32 Å². The molecule has 1 fully saturated rings. The maximum atomic E-state index is 12.1. The van der Waals surface area contributed by atoms with E-state index in [1.165, 1.54) is 18.2 Å². The Morgan fingerprint density at radius 2 is 2.10 bits per heavy atom. The molecule has 0 unspecified atom stereocenters. The van der Waals surface area contributed by atoms with E-state index in [0.29, 0.717) is 24.0 Å². The Kier molecular flexibility index (Phi) is 3.93. The van der Waals surface area contributed by atoms with Crippen molar-refractivity contribution in [3.63, 3.8) is 0 Å². The largest absolute Gasteiger partial charge is 0.481 e. The van der Waals surface area contributed by atoms with Gasteiger partial charge in [0.05, 0.1) is 10.3 Å². The smallest absolute Gasteiger partial charge is 0.311 e. The minimum absolute atomic E-state index is 0.0787. The topological polar surface area (TPSA) is 110 Å². The van der Waals surface area contributed by atoms with Crippen LogP contribution in [0.1, 0.15) is 35.2 Å². The number of aliphatic carboxylic acids is 1. The van der Waals surface area contributed by atoms with E-state index in [9.17, 15) is 24.8 Å². The number of hydrogen-bond acceptors (Lipinski definition) is 4. The summed E-state index contributed by atoms with van der Waals surface area (Å²) in [5, 5.41) is 22.5. The molecule has 0 atom stereocenters. The lowest BCUT2D eigenvalue weighted by Gasteiger charge is -2.37. The van der Waals surface area contributed by atoms with E-state index >= 15 is 0 Å². The van der Waals surface area contributed by atoms with Gasteiger partial charge in [-0.3, -0.25) is 19.7 Å². The first kappa shape index (κ1) is 15.0. The normalized spacial score (nSPS) is 15.9. The molecule has 0 saturated heterocycles.